The fourth-order valence-electron chi connectivity index (χ4n) is 1.91. The van der Waals surface area contributed by atoms with Crippen molar-refractivity contribution in [2.24, 2.45) is 7.05 Å². The Hall–Kier alpha value is -1.61. The summed E-state index contributed by atoms with van der Waals surface area (Å²) in [6, 6.07) is -0.866. The number of rotatable bonds is 6. The number of amides is 1. The standard InChI is InChI=1S/C11H21N5O3S/c1-5-16(6-2)10(17)8(3)14-20(18,19)11-9(12)13-7-15(11)4/h7-8,14H,5-6,12H2,1-4H3. The van der Waals surface area contributed by atoms with E-state index in [1.807, 2.05) is 13.8 Å². The zero-order valence-corrected chi connectivity index (χ0v) is 12.9. The minimum Gasteiger partial charge on any atom is -0.381 e. The maximum absolute atomic E-state index is 12.2. The van der Waals surface area contributed by atoms with E-state index < -0.39 is 16.1 Å². The van der Waals surface area contributed by atoms with Crippen LogP contribution < -0.4 is 10.5 Å². The van der Waals surface area contributed by atoms with Gasteiger partial charge in [0, 0.05) is 20.1 Å². The third-order valence-corrected chi connectivity index (χ3v) is 4.61. The molecule has 0 aliphatic rings. The van der Waals surface area contributed by atoms with Gasteiger partial charge in [-0.25, -0.2) is 13.4 Å². The van der Waals surface area contributed by atoms with Gasteiger partial charge in [0.2, 0.25) is 5.91 Å². The van der Waals surface area contributed by atoms with Crippen molar-refractivity contribution in [2.45, 2.75) is 31.8 Å². The predicted octanol–water partition coefficient (Wildman–Crippen LogP) is -0.462. The number of anilines is 1. The summed E-state index contributed by atoms with van der Waals surface area (Å²) >= 11 is 0. The van der Waals surface area contributed by atoms with Crippen LogP contribution in [0, 0.1) is 0 Å². The molecule has 0 radical (unpaired) electrons. The second-order valence-electron chi connectivity index (χ2n) is 4.40. The molecule has 0 bridgehead atoms. The molecule has 20 heavy (non-hydrogen) atoms. The van der Waals surface area contributed by atoms with Crippen LogP contribution in [-0.2, 0) is 21.9 Å². The Morgan fingerprint density at radius 3 is 2.45 bits per heavy atom. The molecule has 0 fully saturated rings. The van der Waals surface area contributed by atoms with E-state index in [-0.39, 0.29) is 16.8 Å². The largest absolute Gasteiger partial charge is 0.381 e. The Bertz CT molecular complexity index is 557. The van der Waals surface area contributed by atoms with Crippen LogP contribution in [0.15, 0.2) is 11.4 Å². The first-order chi connectivity index (χ1) is 9.24. The highest BCUT2D eigenvalue weighted by Gasteiger charge is 2.28. The molecule has 0 aliphatic carbocycles. The monoisotopic (exact) mass is 303 g/mol. The number of hydrogen-bond donors (Lipinski definition) is 2. The lowest BCUT2D eigenvalue weighted by Gasteiger charge is -2.23. The number of nitrogens with two attached hydrogens (primary N) is 1. The summed E-state index contributed by atoms with van der Waals surface area (Å²) in [7, 11) is -2.37. The average molecular weight is 303 g/mol. The molecule has 1 amide bonds. The maximum Gasteiger partial charge on any atom is 0.260 e. The molecule has 1 unspecified atom stereocenters. The fraction of sp³-hybridized carbons (Fsp3) is 0.636. The van der Waals surface area contributed by atoms with Crippen LogP contribution in [-0.4, -0.2) is 47.9 Å². The third kappa shape index (κ3) is 3.28. The first-order valence-corrected chi connectivity index (χ1v) is 7.80. The zero-order chi connectivity index (χ0) is 15.5. The molecule has 8 nitrogen and oxygen atoms in total. The summed E-state index contributed by atoms with van der Waals surface area (Å²) in [4.78, 5) is 17.4. The first-order valence-electron chi connectivity index (χ1n) is 6.32. The summed E-state index contributed by atoms with van der Waals surface area (Å²) in [5.41, 5.74) is 5.55. The summed E-state index contributed by atoms with van der Waals surface area (Å²) in [6.07, 6.45) is 1.31. The van der Waals surface area contributed by atoms with Crippen LogP contribution in [0.1, 0.15) is 20.8 Å². The van der Waals surface area contributed by atoms with E-state index in [1.165, 1.54) is 24.9 Å². The highest BCUT2D eigenvalue weighted by molar-refractivity contribution is 7.89. The first kappa shape index (κ1) is 16.4. The number of hydrogen-bond acceptors (Lipinski definition) is 5. The number of nitrogen functional groups attached to an aromatic ring is 1. The van der Waals surface area contributed by atoms with Gasteiger partial charge in [-0.15, -0.1) is 0 Å². The van der Waals surface area contributed by atoms with Crippen LogP contribution in [0.3, 0.4) is 0 Å². The lowest BCUT2D eigenvalue weighted by molar-refractivity contribution is -0.132. The number of likely N-dealkylation sites (N-methyl/N-ethyl adjacent to an activating group) is 1. The minimum atomic E-state index is -3.89. The Labute approximate surface area is 119 Å². The van der Waals surface area contributed by atoms with Crippen molar-refractivity contribution in [3.63, 3.8) is 0 Å². The van der Waals surface area contributed by atoms with Gasteiger partial charge in [-0.05, 0) is 20.8 Å². The van der Waals surface area contributed by atoms with Gasteiger partial charge < -0.3 is 15.2 Å². The molecular weight excluding hydrogens is 282 g/mol. The highest BCUT2D eigenvalue weighted by Crippen LogP contribution is 2.15. The van der Waals surface area contributed by atoms with E-state index in [9.17, 15) is 13.2 Å². The SMILES string of the molecule is CCN(CC)C(=O)C(C)NS(=O)(=O)c1c(N)ncn1C. The normalized spacial score (nSPS) is 13.2. The highest BCUT2D eigenvalue weighted by atomic mass is 32.2. The lowest BCUT2D eigenvalue weighted by atomic mass is 10.3. The molecule has 3 N–H and O–H groups in total. The Morgan fingerprint density at radius 1 is 1.50 bits per heavy atom. The number of carbonyl (C=O) groups is 1. The van der Waals surface area contributed by atoms with Crippen LogP contribution in [0.2, 0.25) is 0 Å². The van der Waals surface area contributed by atoms with Gasteiger partial charge in [-0.3, -0.25) is 4.79 Å². The molecule has 114 valence electrons. The van der Waals surface area contributed by atoms with Gasteiger partial charge in [0.15, 0.2) is 10.8 Å². The molecule has 1 heterocycles. The Morgan fingerprint density at radius 2 is 2.05 bits per heavy atom. The van der Waals surface area contributed by atoms with E-state index in [0.717, 1.165) is 0 Å². The summed E-state index contributed by atoms with van der Waals surface area (Å²) < 4.78 is 28.1. The molecule has 0 saturated carbocycles. The van der Waals surface area contributed by atoms with Gasteiger partial charge >= 0.3 is 0 Å². The summed E-state index contributed by atoms with van der Waals surface area (Å²) in [5.74, 6) is -0.373. The zero-order valence-electron chi connectivity index (χ0n) is 12.1. The van der Waals surface area contributed by atoms with E-state index in [2.05, 4.69) is 9.71 Å². The fourth-order valence-corrected chi connectivity index (χ4v) is 3.34. The van der Waals surface area contributed by atoms with Gasteiger partial charge in [-0.2, -0.15) is 4.72 Å². The van der Waals surface area contributed by atoms with Gasteiger partial charge in [0.05, 0.1) is 12.4 Å². The summed E-state index contributed by atoms with van der Waals surface area (Å²) in [6.45, 7) is 6.22. The van der Waals surface area contributed by atoms with Crippen molar-refractivity contribution >= 4 is 21.7 Å². The van der Waals surface area contributed by atoms with E-state index >= 15 is 0 Å². The topological polar surface area (TPSA) is 110 Å². The predicted molar refractivity (Wildman–Crippen MR) is 75.3 cm³/mol. The molecule has 9 heteroatoms. The van der Waals surface area contributed by atoms with Crippen molar-refractivity contribution in [1.82, 2.24) is 19.2 Å². The van der Waals surface area contributed by atoms with Gasteiger partial charge in [-0.1, -0.05) is 0 Å². The molecule has 1 aromatic heterocycles. The molecule has 1 atom stereocenters. The number of nitrogens with zero attached hydrogens (tertiary/aromatic N) is 3. The van der Waals surface area contributed by atoms with Gasteiger partial charge in [0.1, 0.15) is 0 Å². The van der Waals surface area contributed by atoms with Crippen LogP contribution in [0.5, 0.6) is 0 Å². The molecule has 1 rings (SSSR count). The van der Waals surface area contributed by atoms with Crippen LogP contribution in [0.4, 0.5) is 5.82 Å². The average Bonchev–Trinajstić information content (AvgIpc) is 2.70. The number of nitrogens with one attached hydrogen (secondary N) is 1. The van der Waals surface area contributed by atoms with Gasteiger partial charge in [0.25, 0.3) is 10.0 Å². The Balaban J connectivity index is 2.95. The number of aryl methyl sites for hydroxylation is 1. The smallest absolute Gasteiger partial charge is 0.260 e. The third-order valence-electron chi connectivity index (χ3n) is 2.94. The molecule has 0 aromatic carbocycles. The van der Waals surface area contributed by atoms with E-state index in [4.69, 9.17) is 5.73 Å². The molecule has 0 aliphatic heterocycles. The number of carbonyl (C=O) groups excluding carboxylic acids is 1. The lowest BCUT2D eigenvalue weighted by Crippen LogP contribution is -2.47. The Kier molecular flexibility index (Phi) is 5.12. The van der Waals surface area contributed by atoms with Crippen LogP contribution >= 0.6 is 0 Å². The molecule has 0 saturated heterocycles. The second-order valence-corrected chi connectivity index (χ2v) is 6.03. The number of imidazole rings is 1. The van der Waals surface area contributed by atoms with Crippen molar-refractivity contribution in [1.29, 1.82) is 0 Å². The quantitative estimate of drug-likeness (QED) is 0.738. The van der Waals surface area contributed by atoms with Crippen molar-refractivity contribution in [2.75, 3.05) is 18.8 Å². The molecule has 1 aromatic rings. The second kappa shape index (κ2) is 6.23. The van der Waals surface area contributed by atoms with E-state index in [1.54, 1.807) is 4.90 Å². The summed E-state index contributed by atoms with van der Waals surface area (Å²) in [5, 5.41) is -0.142. The molecular formula is C11H21N5O3S. The van der Waals surface area contributed by atoms with Crippen molar-refractivity contribution in [3.05, 3.63) is 6.33 Å². The molecule has 0 spiro atoms. The van der Waals surface area contributed by atoms with Crippen LogP contribution in [0.25, 0.3) is 0 Å². The maximum atomic E-state index is 12.2. The number of aromatic nitrogens is 2. The minimum absolute atomic E-state index is 0.0949. The number of sulfonamides is 1. The van der Waals surface area contributed by atoms with E-state index in [0.29, 0.717) is 13.1 Å². The van der Waals surface area contributed by atoms with Crippen molar-refractivity contribution in [3.8, 4) is 0 Å². The van der Waals surface area contributed by atoms with Crippen molar-refractivity contribution < 1.29 is 13.2 Å².